The highest BCUT2D eigenvalue weighted by Gasteiger charge is 2.36. The Morgan fingerprint density at radius 1 is 1.29 bits per heavy atom. The number of halogens is 3. The van der Waals surface area contributed by atoms with E-state index in [4.69, 9.17) is 23.2 Å². The van der Waals surface area contributed by atoms with Crippen LogP contribution in [0.15, 0.2) is 35.6 Å². The van der Waals surface area contributed by atoms with Gasteiger partial charge in [-0.2, -0.15) is 5.10 Å². The van der Waals surface area contributed by atoms with Gasteiger partial charge in [0.05, 0.1) is 16.3 Å². The third-order valence-corrected chi connectivity index (χ3v) is 6.32. The van der Waals surface area contributed by atoms with E-state index < -0.39 is 6.04 Å². The number of aryl methyl sites for hydroxylation is 1. The molecule has 1 aliphatic carbocycles. The highest BCUT2D eigenvalue weighted by Crippen LogP contribution is 2.34. The number of hydrogen-bond donors (Lipinski definition) is 1. The van der Waals surface area contributed by atoms with E-state index in [1.165, 1.54) is 5.01 Å². The summed E-state index contributed by atoms with van der Waals surface area (Å²) in [7, 11) is 1.77. The summed E-state index contributed by atoms with van der Waals surface area (Å²) in [5.74, 6) is -0.110. The molecule has 1 N–H and O–H groups in total. The van der Waals surface area contributed by atoms with Crippen LogP contribution in [-0.2, 0) is 4.79 Å². The van der Waals surface area contributed by atoms with Gasteiger partial charge < -0.3 is 10.2 Å². The molecule has 1 unspecified atom stereocenters. The van der Waals surface area contributed by atoms with Crippen molar-refractivity contribution in [1.82, 2.24) is 9.88 Å². The molecule has 2 heterocycles. The average Bonchev–Trinajstić information content (AvgIpc) is 3.50. The van der Waals surface area contributed by atoms with E-state index in [0.717, 1.165) is 12.8 Å². The Morgan fingerprint density at radius 2 is 2.03 bits per heavy atom. The zero-order chi connectivity index (χ0) is 22.3. The Labute approximate surface area is 198 Å². The number of aromatic nitrogens is 1. The van der Waals surface area contributed by atoms with Gasteiger partial charge in [0.1, 0.15) is 10.7 Å². The minimum absolute atomic E-state index is 0.170. The molecule has 2 aromatic rings. The van der Waals surface area contributed by atoms with Gasteiger partial charge in [0.25, 0.3) is 5.91 Å². The summed E-state index contributed by atoms with van der Waals surface area (Å²) in [6.45, 7) is 1.81. The van der Waals surface area contributed by atoms with E-state index in [-0.39, 0.29) is 17.9 Å². The van der Waals surface area contributed by atoms with E-state index in [1.807, 2.05) is 6.92 Å². The molecule has 1 aromatic carbocycles. The first kappa shape index (κ1) is 22.0. The lowest BCUT2D eigenvalue weighted by Gasteiger charge is -2.24. The molecular weight excluding hydrogens is 505 g/mol. The van der Waals surface area contributed by atoms with Crippen molar-refractivity contribution in [2.75, 3.05) is 17.4 Å². The minimum atomic E-state index is -0.680. The van der Waals surface area contributed by atoms with Crippen molar-refractivity contribution in [1.29, 1.82) is 0 Å². The van der Waals surface area contributed by atoms with Gasteiger partial charge in [0.15, 0.2) is 5.82 Å². The molecule has 1 aromatic heterocycles. The molecule has 2 amide bonds. The Morgan fingerprint density at radius 3 is 2.71 bits per heavy atom. The molecule has 7 nitrogen and oxygen atoms in total. The number of benzene rings is 1. The van der Waals surface area contributed by atoms with E-state index in [2.05, 4.69) is 31.3 Å². The summed E-state index contributed by atoms with van der Waals surface area (Å²) >= 11 is 15.9. The molecule has 31 heavy (non-hydrogen) atoms. The summed E-state index contributed by atoms with van der Waals surface area (Å²) in [6, 6.07) is 6.27. The highest BCUT2D eigenvalue weighted by molar-refractivity contribution is 9.18. The van der Waals surface area contributed by atoms with Crippen LogP contribution in [0.5, 0.6) is 0 Å². The van der Waals surface area contributed by atoms with E-state index >= 15 is 0 Å². The van der Waals surface area contributed by atoms with Gasteiger partial charge in [-0.05, 0) is 65.5 Å². The smallest absolute Gasteiger partial charge is 0.256 e. The molecule has 162 valence electrons. The number of nitrogens with zero attached hydrogens (tertiary/aromatic N) is 4. The van der Waals surface area contributed by atoms with Crippen LogP contribution >= 0.6 is 39.1 Å². The third-order valence-electron chi connectivity index (χ3n) is 5.33. The van der Waals surface area contributed by atoms with Crippen LogP contribution in [-0.4, -0.2) is 45.5 Å². The van der Waals surface area contributed by atoms with Crippen molar-refractivity contribution in [2.45, 2.75) is 38.3 Å². The van der Waals surface area contributed by atoms with Crippen molar-refractivity contribution in [3.8, 4) is 0 Å². The average molecular weight is 525 g/mol. The van der Waals surface area contributed by atoms with E-state index in [1.54, 1.807) is 42.4 Å². The first-order valence-electron chi connectivity index (χ1n) is 9.77. The lowest BCUT2D eigenvalue weighted by molar-refractivity contribution is -0.117. The Hall–Kier alpha value is -2.16. The number of rotatable bonds is 5. The van der Waals surface area contributed by atoms with Crippen LogP contribution in [0, 0.1) is 6.92 Å². The number of amides is 2. The lowest BCUT2D eigenvalue weighted by Crippen LogP contribution is -2.39. The maximum absolute atomic E-state index is 13.3. The minimum Gasteiger partial charge on any atom is -0.339 e. The molecule has 0 saturated heterocycles. The quantitative estimate of drug-likeness (QED) is 0.606. The highest BCUT2D eigenvalue weighted by atomic mass is 79.9. The third kappa shape index (κ3) is 4.56. The largest absolute Gasteiger partial charge is 0.339 e. The van der Waals surface area contributed by atoms with Crippen LogP contribution in [0.3, 0.4) is 0 Å². The molecule has 0 spiro atoms. The number of carbonyl (C=O) groups is 2. The second kappa shape index (κ2) is 8.76. The van der Waals surface area contributed by atoms with Crippen molar-refractivity contribution >= 4 is 67.1 Å². The van der Waals surface area contributed by atoms with Gasteiger partial charge in [-0.25, -0.2) is 9.99 Å². The summed E-state index contributed by atoms with van der Waals surface area (Å²) in [5, 5.41) is 9.63. The molecule has 1 aliphatic heterocycles. The van der Waals surface area contributed by atoms with Crippen LogP contribution in [0.4, 0.5) is 11.5 Å². The summed E-state index contributed by atoms with van der Waals surface area (Å²) in [6.07, 6.45) is 3.90. The molecular formula is C21H20BrCl2N5O2. The topological polar surface area (TPSA) is 77.9 Å². The second-order valence-electron chi connectivity index (χ2n) is 7.63. The predicted octanol–water partition coefficient (Wildman–Crippen LogP) is 4.86. The Balaban J connectivity index is 1.64. The summed E-state index contributed by atoms with van der Waals surface area (Å²) in [4.78, 5) is 32.4. The van der Waals surface area contributed by atoms with Gasteiger partial charge >= 0.3 is 0 Å². The van der Waals surface area contributed by atoms with Crippen LogP contribution in [0.2, 0.25) is 10.0 Å². The number of anilines is 2. The number of hydrazone groups is 1. The molecule has 0 bridgehead atoms. The predicted molar refractivity (Wildman–Crippen MR) is 126 cm³/mol. The van der Waals surface area contributed by atoms with Gasteiger partial charge in [-0.3, -0.25) is 9.59 Å². The van der Waals surface area contributed by atoms with Crippen molar-refractivity contribution in [3.05, 3.63) is 51.6 Å². The molecule has 0 radical (unpaired) electrons. The van der Waals surface area contributed by atoms with Gasteiger partial charge in [0, 0.05) is 30.7 Å². The van der Waals surface area contributed by atoms with Gasteiger partial charge in [-0.1, -0.05) is 23.2 Å². The molecule has 10 heteroatoms. The number of hydrogen-bond acceptors (Lipinski definition) is 5. The first-order valence-corrected chi connectivity index (χ1v) is 11.3. The Kier molecular flexibility index (Phi) is 6.23. The molecule has 1 saturated carbocycles. The fourth-order valence-corrected chi connectivity index (χ4v) is 4.48. The fraction of sp³-hybridized carbons (Fsp3) is 0.333. The second-order valence-corrected chi connectivity index (χ2v) is 9.39. The molecule has 1 fully saturated rings. The zero-order valence-corrected chi connectivity index (χ0v) is 20.0. The SMILES string of the molecule is Cc1cc(Cl)cc(C(=O)N(C)C2CC2)c1NC(=O)C1CC(Br)=NN1c1ncccc1Cl. The summed E-state index contributed by atoms with van der Waals surface area (Å²) < 4.78 is 0.604. The molecule has 4 rings (SSSR count). The standard InChI is InChI=1S/C21H20BrCl2N5O2/c1-11-8-12(23)9-14(21(31)28(2)13-5-6-13)18(11)26-20(30)16-10-17(22)27-29(16)19-15(24)4-3-7-25-19/h3-4,7-9,13,16H,5-6,10H2,1-2H3,(H,26,30). The van der Waals surface area contributed by atoms with E-state index in [0.29, 0.717) is 43.7 Å². The van der Waals surface area contributed by atoms with Crippen molar-refractivity contribution in [2.24, 2.45) is 5.10 Å². The van der Waals surface area contributed by atoms with Gasteiger partial charge in [0.2, 0.25) is 5.91 Å². The molecule has 2 aliphatic rings. The van der Waals surface area contributed by atoms with E-state index in [9.17, 15) is 9.59 Å². The number of nitrogens with one attached hydrogen (secondary N) is 1. The van der Waals surface area contributed by atoms with Gasteiger partial charge in [-0.15, -0.1) is 0 Å². The first-order chi connectivity index (χ1) is 14.8. The molecule has 1 atom stereocenters. The monoisotopic (exact) mass is 523 g/mol. The van der Waals surface area contributed by atoms with Crippen molar-refractivity contribution < 1.29 is 9.59 Å². The zero-order valence-electron chi connectivity index (χ0n) is 16.9. The summed E-state index contributed by atoms with van der Waals surface area (Å²) in [5.41, 5.74) is 1.52. The Bertz CT molecular complexity index is 1090. The maximum Gasteiger partial charge on any atom is 0.256 e. The van der Waals surface area contributed by atoms with Crippen LogP contribution < -0.4 is 10.3 Å². The lowest BCUT2D eigenvalue weighted by atomic mass is 10.1. The number of pyridine rings is 1. The van der Waals surface area contributed by atoms with Crippen LogP contribution in [0.25, 0.3) is 0 Å². The fourth-order valence-electron chi connectivity index (χ4n) is 3.52. The van der Waals surface area contributed by atoms with Crippen molar-refractivity contribution in [3.63, 3.8) is 0 Å². The van der Waals surface area contributed by atoms with Crippen LogP contribution in [0.1, 0.15) is 35.2 Å². The normalized spacial score (nSPS) is 18.0. The number of carbonyl (C=O) groups excluding carboxylic acids is 2. The maximum atomic E-state index is 13.3.